The molecular weight excluding hydrogens is 623 g/mol. The third-order valence-corrected chi connectivity index (χ3v) is 7.30. The fraction of sp³-hybridized carbons (Fsp3) is 0.316. The van der Waals surface area contributed by atoms with Gasteiger partial charge in [-0.15, -0.1) is 13.2 Å². The maximum atomic E-state index is 13.2. The molecule has 10 heteroatoms. The second-order valence-corrected chi connectivity index (χ2v) is 11.0. The van der Waals surface area contributed by atoms with Crippen LogP contribution in [0.3, 0.4) is 0 Å². The van der Waals surface area contributed by atoms with E-state index >= 15 is 0 Å². The summed E-state index contributed by atoms with van der Waals surface area (Å²) in [5.74, 6) is 1.28. The number of nitrogens with one attached hydrogen (secondary N) is 1. The molecule has 4 aromatic carbocycles. The Balaban J connectivity index is 0.000000402. The summed E-state index contributed by atoms with van der Waals surface area (Å²) in [5, 5.41) is 2.92. The zero-order valence-electron chi connectivity index (χ0n) is 28.1. The lowest BCUT2D eigenvalue weighted by Crippen LogP contribution is -2.17. The maximum absolute atomic E-state index is 13.2. The molecule has 0 spiro atoms. The van der Waals surface area contributed by atoms with Gasteiger partial charge in [0.05, 0.1) is 20.3 Å². The first-order chi connectivity index (χ1) is 22.9. The molecule has 48 heavy (non-hydrogen) atoms. The molecule has 0 heterocycles. The van der Waals surface area contributed by atoms with Gasteiger partial charge in [0.2, 0.25) is 0 Å². The topological polar surface area (TPSA) is 83.1 Å². The minimum Gasteiger partial charge on any atom is -0.493 e. The SMILES string of the molecule is CCCC(CCC)Oc1cccc(NC(=O)c2cccc(C)c2-c2ccc(OC(F)(F)F)cc2)c1.COc1ccc(C(C)=O)cc1OC. The Kier molecular flexibility index (Phi) is 13.9. The molecule has 0 radical (unpaired) electrons. The summed E-state index contributed by atoms with van der Waals surface area (Å²) in [4.78, 5) is 24.2. The van der Waals surface area contributed by atoms with E-state index in [2.05, 4.69) is 23.9 Å². The monoisotopic (exact) mass is 665 g/mol. The first-order valence-corrected chi connectivity index (χ1v) is 15.7. The Morgan fingerprint density at radius 2 is 1.44 bits per heavy atom. The summed E-state index contributed by atoms with van der Waals surface area (Å²) in [6, 6.07) is 23.2. The number of ether oxygens (including phenoxy) is 4. The van der Waals surface area contributed by atoms with Crippen LogP contribution in [0.5, 0.6) is 23.0 Å². The van der Waals surface area contributed by atoms with Gasteiger partial charge < -0.3 is 24.3 Å². The highest BCUT2D eigenvalue weighted by Crippen LogP contribution is 2.32. The Labute approximate surface area is 280 Å². The Morgan fingerprint density at radius 1 is 0.792 bits per heavy atom. The average Bonchev–Trinajstić information content (AvgIpc) is 3.04. The summed E-state index contributed by atoms with van der Waals surface area (Å²) in [7, 11) is 3.10. The van der Waals surface area contributed by atoms with Crippen LogP contribution in [0.25, 0.3) is 11.1 Å². The van der Waals surface area contributed by atoms with Crippen molar-refractivity contribution in [1.82, 2.24) is 0 Å². The van der Waals surface area contributed by atoms with Crippen LogP contribution in [0.4, 0.5) is 18.9 Å². The number of carbonyl (C=O) groups is 2. The first kappa shape index (κ1) is 37.5. The van der Waals surface area contributed by atoms with E-state index in [0.29, 0.717) is 45.2 Å². The standard InChI is InChI=1S/C28H30F3NO3.C10H12O3/c1-4-8-22(9-5-2)34-24-12-7-11-21(18-24)32-27(33)25-13-6-10-19(3)26(25)20-14-16-23(17-15-20)35-28(29,30)31;1-7(11)8-4-5-9(12-2)10(6-8)13-3/h6-7,10-18,22H,4-5,8-9H2,1-3H3,(H,32,33);4-6H,1-3H3. The van der Waals surface area contributed by atoms with Crippen LogP contribution < -0.4 is 24.3 Å². The third-order valence-electron chi connectivity index (χ3n) is 7.30. The Bertz CT molecular complexity index is 1650. The van der Waals surface area contributed by atoms with E-state index in [1.807, 2.05) is 25.1 Å². The number of hydrogen-bond donors (Lipinski definition) is 1. The summed E-state index contributed by atoms with van der Waals surface area (Å²) in [6.07, 6.45) is -0.654. The second kappa shape index (κ2) is 17.8. The van der Waals surface area contributed by atoms with Crippen molar-refractivity contribution < 1.29 is 41.7 Å². The van der Waals surface area contributed by atoms with Gasteiger partial charge in [-0.25, -0.2) is 0 Å². The molecule has 0 atom stereocenters. The lowest BCUT2D eigenvalue weighted by Gasteiger charge is -2.19. The Hall–Kier alpha value is -4.99. The number of ketones is 1. The van der Waals surface area contributed by atoms with Gasteiger partial charge in [-0.3, -0.25) is 9.59 Å². The summed E-state index contributed by atoms with van der Waals surface area (Å²) in [5.41, 5.74) is 3.71. The fourth-order valence-electron chi connectivity index (χ4n) is 5.06. The molecule has 0 saturated carbocycles. The largest absolute Gasteiger partial charge is 0.573 e. The van der Waals surface area contributed by atoms with Crippen LogP contribution in [0.15, 0.2) is 84.9 Å². The van der Waals surface area contributed by atoms with E-state index in [4.69, 9.17) is 14.2 Å². The quantitative estimate of drug-likeness (QED) is 0.143. The molecule has 0 saturated heterocycles. The molecule has 0 bridgehead atoms. The molecule has 1 N–H and O–H groups in total. The van der Waals surface area contributed by atoms with Crippen molar-refractivity contribution in [2.75, 3.05) is 19.5 Å². The molecule has 256 valence electrons. The number of Topliss-reactive ketones (excluding diaryl/α,β-unsaturated/α-hetero) is 1. The van der Waals surface area contributed by atoms with Gasteiger partial charge in [0, 0.05) is 22.9 Å². The minimum atomic E-state index is -4.76. The van der Waals surface area contributed by atoms with Gasteiger partial charge in [0.25, 0.3) is 5.91 Å². The van der Waals surface area contributed by atoms with E-state index in [1.165, 1.54) is 31.2 Å². The number of hydrogen-bond acceptors (Lipinski definition) is 6. The molecular formula is C38H42F3NO6. The zero-order valence-corrected chi connectivity index (χ0v) is 28.1. The highest BCUT2D eigenvalue weighted by Gasteiger charge is 2.31. The van der Waals surface area contributed by atoms with E-state index < -0.39 is 6.36 Å². The van der Waals surface area contributed by atoms with Crippen LogP contribution in [-0.2, 0) is 0 Å². The molecule has 0 aliphatic rings. The zero-order chi connectivity index (χ0) is 35.3. The number of aryl methyl sites for hydroxylation is 1. The van der Waals surface area contributed by atoms with Crippen LogP contribution in [-0.4, -0.2) is 38.4 Å². The molecule has 0 aliphatic carbocycles. The highest BCUT2D eigenvalue weighted by molar-refractivity contribution is 6.09. The van der Waals surface area contributed by atoms with Crippen LogP contribution in [0.2, 0.25) is 0 Å². The lowest BCUT2D eigenvalue weighted by atomic mass is 9.94. The number of carbonyl (C=O) groups excluding carboxylic acids is 2. The van der Waals surface area contributed by atoms with Gasteiger partial charge in [-0.1, -0.05) is 57.0 Å². The number of methoxy groups -OCH3 is 2. The van der Waals surface area contributed by atoms with Crippen molar-refractivity contribution in [3.05, 3.63) is 102 Å². The number of rotatable bonds is 13. The molecule has 0 aliphatic heterocycles. The van der Waals surface area contributed by atoms with Gasteiger partial charge >= 0.3 is 6.36 Å². The van der Waals surface area contributed by atoms with Crippen molar-refractivity contribution in [3.8, 4) is 34.1 Å². The highest BCUT2D eigenvalue weighted by atomic mass is 19.4. The van der Waals surface area contributed by atoms with E-state index in [1.54, 1.807) is 56.7 Å². The predicted molar refractivity (Wildman–Crippen MR) is 181 cm³/mol. The maximum Gasteiger partial charge on any atom is 0.573 e. The molecule has 0 aromatic heterocycles. The molecule has 4 rings (SSSR count). The van der Waals surface area contributed by atoms with Crippen LogP contribution in [0, 0.1) is 6.92 Å². The van der Waals surface area contributed by atoms with Crippen molar-refractivity contribution >= 4 is 17.4 Å². The lowest BCUT2D eigenvalue weighted by molar-refractivity contribution is -0.274. The van der Waals surface area contributed by atoms with E-state index in [-0.39, 0.29) is 23.5 Å². The van der Waals surface area contributed by atoms with Gasteiger partial charge in [-0.05, 0) is 91.9 Å². The van der Waals surface area contributed by atoms with Gasteiger partial charge in [-0.2, -0.15) is 0 Å². The van der Waals surface area contributed by atoms with Crippen molar-refractivity contribution in [1.29, 1.82) is 0 Å². The number of alkyl halides is 3. The van der Waals surface area contributed by atoms with Crippen molar-refractivity contribution in [3.63, 3.8) is 0 Å². The normalized spacial score (nSPS) is 10.9. The molecule has 1 amide bonds. The molecule has 0 fully saturated rings. The molecule has 7 nitrogen and oxygen atoms in total. The smallest absolute Gasteiger partial charge is 0.493 e. The Morgan fingerprint density at radius 3 is 2.02 bits per heavy atom. The average molecular weight is 666 g/mol. The van der Waals surface area contributed by atoms with E-state index in [9.17, 15) is 22.8 Å². The summed E-state index contributed by atoms with van der Waals surface area (Å²) in [6.45, 7) is 7.61. The molecule has 0 unspecified atom stereocenters. The number of amides is 1. The minimum absolute atomic E-state index is 0.0148. The van der Waals surface area contributed by atoms with Crippen LogP contribution in [0.1, 0.15) is 72.7 Å². The number of benzene rings is 4. The predicted octanol–water partition coefficient (Wildman–Crippen LogP) is 10.1. The number of halogens is 3. The first-order valence-electron chi connectivity index (χ1n) is 15.7. The van der Waals surface area contributed by atoms with Gasteiger partial charge in [0.15, 0.2) is 17.3 Å². The van der Waals surface area contributed by atoms with Gasteiger partial charge in [0.1, 0.15) is 11.5 Å². The summed E-state index contributed by atoms with van der Waals surface area (Å²) < 4.78 is 57.7. The fourth-order valence-corrected chi connectivity index (χ4v) is 5.06. The summed E-state index contributed by atoms with van der Waals surface area (Å²) >= 11 is 0. The third kappa shape index (κ3) is 11.1. The molecule has 4 aromatic rings. The second-order valence-electron chi connectivity index (χ2n) is 11.0. The van der Waals surface area contributed by atoms with E-state index in [0.717, 1.165) is 31.2 Å². The number of anilines is 1. The van der Waals surface area contributed by atoms with Crippen molar-refractivity contribution in [2.24, 2.45) is 0 Å². The van der Waals surface area contributed by atoms with Crippen molar-refractivity contribution in [2.45, 2.75) is 65.8 Å². The van der Waals surface area contributed by atoms with Crippen LogP contribution >= 0.6 is 0 Å².